The fraction of sp³-hybridized carbons (Fsp3) is 0.909. The van der Waals surface area contributed by atoms with Gasteiger partial charge in [0, 0.05) is 11.8 Å². The van der Waals surface area contributed by atoms with Crippen LogP contribution in [-0.4, -0.2) is 21.9 Å². The Balaban J connectivity index is 1.92. The van der Waals surface area contributed by atoms with E-state index in [-0.39, 0.29) is 17.9 Å². The molecule has 0 heterocycles. The summed E-state index contributed by atoms with van der Waals surface area (Å²) in [5, 5.41) is 10.2. The molecule has 6 aliphatic carbocycles. The second kappa shape index (κ2) is 1.60. The Kier molecular flexibility index (Phi) is 0.825. The third-order valence-corrected chi connectivity index (χ3v) is 6.82. The molecule has 0 radical (unpaired) electrons. The van der Waals surface area contributed by atoms with Crippen LogP contribution >= 0.6 is 11.6 Å². The Morgan fingerprint density at radius 1 is 1.36 bits per heavy atom. The van der Waals surface area contributed by atoms with E-state index in [2.05, 4.69) is 0 Å². The van der Waals surface area contributed by atoms with Crippen LogP contribution in [0.5, 0.6) is 0 Å². The van der Waals surface area contributed by atoms with Gasteiger partial charge in [0.15, 0.2) is 0 Å². The Labute approximate surface area is 86.6 Å². The van der Waals surface area contributed by atoms with Gasteiger partial charge in [0.1, 0.15) is 5.78 Å². The minimum atomic E-state index is -0.519. The van der Waals surface area contributed by atoms with Gasteiger partial charge in [-0.1, -0.05) is 0 Å². The molecule has 6 bridgehead atoms. The van der Waals surface area contributed by atoms with Gasteiger partial charge in [0.2, 0.25) is 0 Å². The molecule has 9 unspecified atom stereocenters. The molecule has 6 rings (SSSR count). The molecule has 0 spiro atoms. The average molecular weight is 211 g/mol. The van der Waals surface area contributed by atoms with E-state index in [1.807, 2.05) is 0 Å². The van der Waals surface area contributed by atoms with Crippen molar-refractivity contribution in [2.45, 2.75) is 17.4 Å². The first-order valence-electron chi connectivity index (χ1n) is 5.58. The molecule has 0 amide bonds. The van der Waals surface area contributed by atoms with Gasteiger partial charge in [-0.15, -0.1) is 11.6 Å². The van der Waals surface area contributed by atoms with E-state index in [9.17, 15) is 9.90 Å². The smallest absolute Gasteiger partial charge is 0.141 e. The van der Waals surface area contributed by atoms with Crippen molar-refractivity contribution in [2.75, 3.05) is 0 Å². The fourth-order valence-electron chi connectivity index (χ4n) is 6.20. The number of hydrogen-bond acceptors (Lipinski definition) is 2. The standard InChI is InChI=1S/C11H11ClO2/c12-11-7-3-1-2-4(5(3)10(11)14)8(11)9(13)6(2)7/h2-8,10,14H,1H2. The van der Waals surface area contributed by atoms with Crippen LogP contribution in [0, 0.1) is 41.4 Å². The van der Waals surface area contributed by atoms with Crippen molar-refractivity contribution in [1.82, 2.24) is 0 Å². The number of carbonyl (C=O) groups is 1. The number of halogens is 1. The van der Waals surface area contributed by atoms with Gasteiger partial charge in [-0.3, -0.25) is 4.79 Å². The SMILES string of the molecule is O=C1C2C3CC4C5C3C1C(Cl)(C5O)C42. The number of aliphatic hydroxyl groups is 1. The quantitative estimate of drug-likeness (QED) is 0.597. The van der Waals surface area contributed by atoms with Crippen molar-refractivity contribution < 1.29 is 9.90 Å². The van der Waals surface area contributed by atoms with Crippen LogP contribution in [0.1, 0.15) is 6.42 Å². The molecule has 2 nitrogen and oxygen atoms in total. The van der Waals surface area contributed by atoms with Crippen LogP contribution in [-0.2, 0) is 4.79 Å². The minimum absolute atomic E-state index is 0.0305. The van der Waals surface area contributed by atoms with Gasteiger partial charge in [0.05, 0.1) is 11.0 Å². The summed E-state index contributed by atoms with van der Waals surface area (Å²) in [5.41, 5.74) is 0. The number of Topliss-reactive ketones (excluding diaryl/α,β-unsaturated/α-hetero) is 1. The molecule has 0 aromatic carbocycles. The summed E-state index contributed by atoms with van der Waals surface area (Å²) >= 11 is 6.58. The van der Waals surface area contributed by atoms with Gasteiger partial charge in [-0.05, 0) is 36.0 Å². The Hall–Kier alpha value is -0.0800. The highest BCUT2D eigenvalue weighted by Crippen LogP contribution is 2.84. The molecular weight excluding hydrogens is 200 g/mol. The lowest BCUT2D eigenvalue weighted by molar-refractivity contribution is -0.122. The maximum Gasteiger partial charge on any atom is 0.141 e. The van der Waals surface area contributed by atoms with Gasteiger partial charge >= 0.3 is 0 Å². The van der Waals surface area contributed by atoms with Crippen LogP contribution in [0.3, 0.4) is 0 Å². The van der Waals surface area contributed by atoms with Crippen molar-refractivity contribution in [3.63, 3.8) is 0 Å². The van der Waals surface area contributed by atoms with E-state index in [1.54, 1.807) is 0 Å². The highest BCUT2D eigenvalue weighted by Gasteiger charge is 2.89. The second-order valence-electron chi connectivity index (χ2n) is 5.92. The molecule has 0 aromatic rings. The number of aliphatic hydroxyl groups excluding tert-OH is 1. The van der Waals surface area contributed by atoms with E-state index >= 15 is 0 Å². The van der Waals surface area contributed by atoms with E-state index in [4.69, 9.17) is 11.6 Å². The first kappa shape index (κ1) is 7.24. The lowest BCUT2D eigenvalue weighted by Gasteiger charge is -2.36. The monoisotopic (exact) mass is 210 g/mol. The summed E-state index contributed by atoms with van der Waals surface area (Å²) in [5.74, 6) is 3.08. The predicted octanol–water partition coefficient (Wildman–Crippen LogP) is 0.665. The fourth-order valence-corrected chi connectivity index (χ4v) is 6.90. The molecule has 6 saturated carbocycles. The van der Waals surface area contributed by atoms with Gasteiger partial charge in [-0.2, -0.15) is 0 Å². The number of ketones is 1. The number of alkyl halides is 1. The van der Waals surface area contributed by atoms with Crippen LogP contribution in [0.4, 0.5) is 0 Å². The van der Waals surface area contributed by atoms with Gasteiger partial charge in [-0.25, -0.2) is 0 Å². The van der Waals surface area contributed by atoms with E-state index in [1.165, 1.54) is 6.42 Å². The van der Waals surface area contributed by atoms with Crippen molar-refractivity contribution in [1.29, 1.82) is 0 Å². The van der Waals surface area contributed by atoms with Gasteiger partial charge < -0.3 is 5.11 Å². The second-order valence-corrected chi connectivity index (χ2v) is 6.58. The summed E-state index contributed by atoms with van der Waals surface area (Å²) in [6, 6.07) is 0. The molecule has 0 saturated heterocycles. The van der Waals surface area contributed by atoms with E-state index in [0.29, 0.717) is 35.4 Å². The highest BCUT2D eigenvalue weighted by atomic mass is 35.5. The number of carbonyl (C=O) groups excluding carboxylic acids is 1. The lowest BCUT2D eigenvalue weighted by Crippen LogP contribution is -2.42. The lowest BCUT2D eigenvalue weighted by atomic mass is 9.71. The molecule has 1 N–H and O–H groups in total. The van der Waals surface area contributed by atoms with Crippen molar-refractivity contribution in [3.8, 4) is 0 Å². The maximum absolute atomic E-state index is 12.1. The Bertz CT molecular complexity index is 393. The van der Waals surface area contributed by atoms with Crippen molar-refractivity contribution in [2.24, 2.45) is 41.4 Å². The Morgan fingerprint density at radius 2 is 2.14 bits per heavy atom. The summed E-state index contributed by atoms with van der Waals surface area (Å²) in [7, 11) is 0. The molecule has 6 fully saturated rings. The van der Waals surface area contributed by atoms with Gasteiger partial charge in [0.25, 0.3) is 0 Å². The molecule has 0 aromatic heterocycles. The number of rotatable bonds is 0. The number of hydrogen-bond donors (Lipinski definition) is 1. The maximum atomic E-state index is 12.1. The molecule has 0 aliphatic heterocycles. The summed E-state index contributed by atoms with van der Waals surface area (Å²) in [4.78, 5) is 11.5. The third-order valence-electron chi connectivity index (χ3n) is 6.11. The summed E-state index contributed by atoms with van der Waals surface area (Å²) < 4.78 is 0. The first-order valence-corrected chi connectivity index (χ1v) is 5.96. The summed E-state index contributed by atoms with van der Waals surface area (Å²) in [6.45, 7) is 0. The van der Waals surface area contributed by atoms with Crippen LogP contribution < -0.4 is 0 Å². The van der Waals surface area contributed by atoms with Crippen LogP contribution in [0.25, 0.3) is 0 Å². The molecule has 3 heteroatoms. The molecular formula is C11H11ClO2. The summed E-state index contributed by atoms with van der Waals surface area (Å²) in [6.07, 6.45) is 0.800. The predicted molar refractivity (Wildman–Crippen MR) is 48.6 cm³/mol. The van der Waals surface area contributed by atoms with Crippen LogP contribution in [0.15, 0.2) is 0 Å². The third kappa shape index (κ3) is 0.371. The highest BCUT2D eigenvalue weighted by molar-refractivity contribution is 6.29. The van der Waals surface area contributed by atoms with Crippen molar-refractivity contribution in [3.05, 3.63) is 0 Å². The zero-order valence-electron chi connectivity index (χ0n) is 7.56. The molecule has 9 atom stereocenters. The normalized spacial score (nSPS) is 80.3. The molecule has 14 heavy (non-hydrogen) atoms. The first-order chi connectivity index (χ1) is 6.67. The zero-order chi connectivity index (χ0) is 9.40. The van der Waals surface area contributed by atoms with Crippen molar-refractivity contribution >= 4 is 17.4 Å². The van der Waals surface area contributed by atoms with E-state index < -0.39 is 4.87 Å². The minimum Gasteiger partial charge on any atom is -0.391 e. The van der Waals surface area contributed by atoms with E-state index in [0.717, 1.165) is 0 Å². The zero-order valence-corrected chi connectivity index (χ0v) is 8.32. The average Bonchev–Trinajstić information content (AvgIpc) is 2.81. The molecule has 6 aliphatic rings. The Morgan fingerprint density at radius 3 is 2.86 bits per heavy atom. The molecule has 74 valence electrons. The van der Waals surface area contributed by atoms with Crippen LogP contribution in [0.2, 0.25) is 0 Å². The largest absolute Gasteiger partial charge is 0.391 e. The topological polar surface area (TPSA) is 37.3 Å².